The van der Waals surface area contributed by atoms with Crippen molar-refractivity contribution in [2.45, 2.75) is 39.5 Å². The van der Waals surface area contributed by atoms with E-state index in [4.69, 9.17) is 5.73 Å². The first-order chi connectivity index (χ1) is 8.24. The number of hydrogen-bond donors (Lipinski definition) is 1. The molecule has 3 rings (SSSR count). The Kier molecular flexibility index (Phi) is 3.32. The van der Waals surface area contributed by atoms with Crippen LogP contribution in [0.15, 0.2) is 24.3 Å². The molecule has 2 N–H and O–H groups in total. The third-order valence-electron chi connectivity index (χ3n) is 3.05. The van der Waals surface area contributed by atoms with Crippen LogP contribution >= 0.6 is 0 Å². The van der Waals surface area contributed by atoms with Crippen LogP contribution in [0.5, 0.6) is 0 Å². The van der Waals surface area contributed by atoms with Crippen LogP contribution in [0.25, 0.3) is 10.9 Å². The van der Waals surface area contributed by atoms with E-state index in [2.05, 4.69) is 36.2 Å². The van der Waals surface area contributed by atoms with Crippen molar-refractivity contribution in [3.8, 4) is 0 Å². The molecule has 2 aromatic rings. The highest BCUT2D eigenvalue weighted by molar-refractivity contribution is 5.82. The Bertz CT molecular complexity index is 528. The lowest BCUT2D eigenvalue weighted by atomic mass is 10.1. The quantitative estimate of drug-likeness (QED) is 0.800. The van der Waals surface area contributed by atoms with Crippen molar-refractivity contribution in [3.05, 3.63) is 35.4 Å². The molecule has 2 heteroatoms. The van der Waals surface area contributed by atoms with E-state index in [9.17, 15) is 0 Å². The fraction of sp³-hybridized carbons (Fsp3) is 0.400. The topological polar surface area (TPSA) is 38.9 Å². The van der Waals surface area contributed by atoms with Gasteiger partial charge < -0.3 is 5.73 Å². The summed E-state index contributed by atoms with van der Waals surface area (Å²) in [4.78, 5) is 4.48. The van der Waals surface area contributed by atoms with Crippen LogP contribution in [0.1, 0.15) is 43.7 Å². The maximum absolute atomic E-state index is 5.97. The first-order valence-electron chi connectivity index (χ1n) is 6.41. The van der Waals surface area contributed by atoms with Crippen molar-refractivity contribution in [3.63, 3.8) is 0 Å². The highest BCUT2D eigenvalue weighted by Crippen LogP contribution is 2.42. The molecule has 90 valence electrons. The van der Waals surface area contributed by atoms with Crippen LogP contribution in [0.4, 0.5) is 5.82 Å². The maximum atomic E-state index is 5.97. The fourth-order valence-corrected chi connectivity index (χ4v) is 2.03. The van der Waals surface area contributed by atoms with Gasteiger partial charge in [-0.3, -0.25) is 0 Å². The Morgan fingerprint density at radius 2 is 1.88 bits per heavy atom. The molecule has 1 saturated carbocycles. The van der Waals surface area contributed by atoms with Crippen LogP contribution < -0.4 is 5.73 Å². The summed E-state index contributed by atoms with van der Waals surface area (Å²) in [6.45, 7) is 6.08. The zero-order valence-corrected chi connectivity index (χ0v) is 10.8. The SMILES string of the molecule is CC.Cc1ccc2cc(C3CC3)c(N)nc2c1. The van der Waals surface area contributed by atoms with Gasteiger partial charge in [0.1, 0.15) is 5.82 Å². The van der Waals surface area contributed by atoms with E-state index in [0.717, 1.165) is 11.3 Å². The van der Waals surface area contributed by atoms with Crippen LogP contribution in [-0.2, 0) is 0 Å². The number of rotatable bonds is 1. The van der Waals surface area contributed by atoms with Crippen LogP contribution in [0.3, 0.4) is 0 Å². The summed E-state index contributed by atoms with van der Waals surface area (Å²) in [6, 6.07) is 8.54. The minimum absolute atomic E-state index is 0.670. The summed E-state index contributed by atoms with van der Waals surface area (Å²) >= 11 is 0. The van der Waals surface area contributed by atoms with Crippen LogP contribution in [0, 0.1) is 6.92 Å². The van der Waals surface area contributed by atoms with Gasteiger partial charge in [-0.1, -0.05) is 26.0 Å². The predicted molar refractivity (Wildman–Crippen MR) is 74.2 cm³/mol. The summed E-state index contributed by atoms with van der Waals surface area (Å²) in [5.41, 5.74) is 9.45. The van der Waals surface area contributed by atoms with E-state index in [-0.39, 0.29) is 0 Å². The van der Waals surface area contributed by atoms with Gasteiger partial charge in [-0.25, -0.2) is 4.98 Å². The number of fused-ring (bicyclic) bond motifs is 1. The highest BCUT2D eigenvalue weighted by Gasteiger charge is 2.26. The average Bonchev–Trinajstić information content (AvgIpc) is 3.15. The summed E-state index contributed by atoms with van der Waals surface area (Å²) < 4.78 is 0. The van der Waals surface area contributed by atoms with Gasteiger partial charge in [-0.05, 0) is 48.9 Å². The molecule has 2 nitrogen and oxygen atoms in total. The number of pyridine rings is 1. The second-order valence-corrected chi connectivity index (χ2v) is 4.43. The molecular formula is C15H20N2. The van der Waals surface area contributed by atoms with Gasteiger partial charge in [0.15, 0.2) is 0 Å². The van der Waals surface area contributed by atoms with Gasteiger partial charge in [-0.15, -0.1) is 0 Å². The van der Waals surface area contributed by atoms with E-state index in [1.165, 1.54) is 29.4 Å². The first kappa shape index (κ1) is 11.9. The molecule has 1 aliphatic rings. The third kappa shape index (κ3) is 2.41. The lowest BCUT2D eigenvalue weighted by Crippen LogP contribution is -1.97. The minimum atomic E-state index is 0.670. The van der Waals surface area contributed by atoms with E-state index in [1.807, 2.05) is 13.8 Å². The van der Waals surface area contributed by atoms with Crippen LogP contribution in [-0.4, -0.2) is 4.98 Å². The summed E-state index contributed by atoms with van der Waals surface area (Å²) in [6.07, 6.45) is 2.53. The molecule has 0 spiro atoms. The zero-order valence-electron chi connectivity index (χ0n) is 10.8. The number of nitrogen functional groups attached to an aromatic ring is 1. The largest absolute Gasteiger partial charge is 0.383 e. The number of nitrogens with two attached hydrogens (primary N) is 1. The second-order valence-electron chi connectivity index (χ2n) is 4.43. The Hall–Kier alpha value is -1.57. The molecule has 1 aliphatic carbocycles. The summed E-state index contributed by atoms with van der Waals surface area (Å²) in [7, 11) is 0. The van der Waals surface area contributed by atoms with Gasteiger partial charge in [-0.2, -0.15) is 0 Å². The van der Waals surface area contributed by atoms with Crippen molar-refractivity contribution in [1.82, 2.24) is 4.98 Å². The number of aromatic nitrogens is 1. The molecule has 1 aromatic carbocycles. The van der Waals surface area contributed by atoms with E-state index < -0.39 is 0 Å². The molecule has 0 saturated heterocycles. The molecule has 0 aliphatic heterocycles. The van der Waals surface area contributed by atoms with Crippen molar-refractivity contribution in [2.75, 3.05) is 5.73 Å². The highest BCUT2D eigenvalue weighted by atomic mass is 14.8. The molecular weight excluding hydrogens is 208 g/mol. The van der Waals surface area contributed by atoms with Crippen molar-refractivity contribution in [2.24, 2.45) is 0 Å². The molecule has 1 fully saturated rings. The predicted octanol–water partition coefficient (Wildman–Crippen LogP) is 4.03. The molecule has 17 heavy (non-hydrogen) atoms. The van der Waals surface area contributed by atoms with Crippen molar-refractivity contribution >= 4 is 16.7 Å². The molecule has 1 heterocycles. The number of benzene rings is 1. The fourth-order valence-electron chi connectivity index (χ4n) is 2.03. The number of nitrogens with zero attached hydrogens (tertiary/aromatic N) is 1. The minimum Gasteiger partial charge on any atom is -0.383 e. The van der Waals surface area contributed by atoms with Gasteiger partial charge in [0.25, 0.3) is 0 Å². The van der Waals surface area contributed by atoms with Gasteiger partial charge in [0.2, 0.25) is 0 Å². The van der Waals surface area contributed by atoms with E-state index >= 15 is 0 Å². The molecule has 0 bridgehead atoms. The van der Waals surface area contributed by atoms with Crippen molar-refractivity contribution < 1.29 is 0 Å². The lowest BCUT2D eigenvalue weighted by Gasteiger charge is -2.06. The smallest absolute Gasteiger partial charge is 0.127 e. The average molecular weight is 228 g/mol. The third-order valence-corrected chi connectivity index (χ3v) is 3.05. The van der Waals surface area contributed by atoms with E-state index in [0.29, 0.717) is 5.92 Å². The standard InChI is InChI=1S/C13H14N2.C2H6/c1-8-2-3-10-7-11(9-4-5-9)13(14)15-12(10)6-8;1-2/h2-3,6-7,9H,4-5H2,1H3,(H2,14,15);1-2H3. The van der Waals surface area contributed by atoms with Gasteiger partial charge in [0, 0.05) is 5.39 Å². The monoisotopic (exact) mass is 228 g/mol. The Morgan fingerprint density at radius 3 is 2.53 bits per heavy atom. The Balaban J connectivity index is 0.000000514. The van der Waals surface area contributed by atoms with Gasteiger partial charge in [0.05, 0.1) is 5.52 Å². The first-order valence-corrected chi connectivity index (χ1v) is 6.41. The Morgan fingerprint density at radius 1 is 1.18 bits per heavy atom. The van der Waals surface area contributed by atoms with E-state index in [1.54, 1.807) is 0 Å². The zero-order chi connectivity index (χ0) is 12.4. The number of hydrogen-bond acceptors (Lipinski definition) is 2. The summed E-state index contributed by atoms with van der Waals surface area (Å²) in [5.74, 6) is 1.39. The second kappa shape index (κ2) is 4.74. The molecule has 0 unspecified atom stereocenters. The number of anilines is 1. The Labute approximate surface area is 103 Å². The summed E-state index contributed by atoms with van der Waals surface area (Å²) in [5, 5.41) is 1.21. The normalized spacial score (nSPS) is 14.3. The lowest BCUT2D eigenvalue weighted by molar-refractivity contribution is 1.12. The molecule has 0 radical (unpaired) electrons. The maximum Gasteiger partial charge on any atom is 0.127 e. The molecule has 1 aromatic heterocycles. The van der Waals surface area contributed by atoms with Crippen molar-refractivity contribution in [1.29, 1.82) is 0 Å². The molecule has 0 amide bonds. The number of aryl methyl sites for hydroxylation is 1. The van der Waals surface area contributed by atoms with Crippen LogP contribution in [0.2, 0.25) is 0 Å². The molecule has 0 atom stereocenters. The van der Waals surface area contributed by atoms with Gasteiger partial charge >= 0.3 is 0 Å².